The monoisotopic (exact) mass is 413 g/mol. The maximum absolute atomic E-state index is 14.0. The van der Waals surface area contributed by atoms with E-state index in [2.05, 4.69) is 4.98 Å². The number of fused-ring (bicyclic) bond motifs is 2. The number of halogens is 3. The summed E-state index contributed by atoms with van der Waals surface area (Å²) in [6.07, 6.45) is -4.63. The van der Waals surface area contributed by atoms with Crippen LogP contribution in [0.1, 0.15) is 11.1 Å². The van der Waals surface area contributed by atoms with Crippen molar-refractivity contribution in [3.8, 4) is 23.1 Å². The number of rotatable bonds is 2. The minimum atomic E-state index is -4.63. The number of nitrogens with zero attached hydrogens (tertiary/aromatic N) is 3. The second-order valence-corrected chi connectivity index (χ2v) is 7.16. The van der Waals surface area contributed by atoms with Gasteiger partial charge >= 0.3 is 6.18 Å². The summed E-state index contributed by atoms with van der Waals surface area (Å²) in [5.74, 6) is 0.405. The number of nitriles is 1. The standard InChI is InChI=1S/C25H14F3N3/c26-25(27,28)20-13-16(15-29)9-12-22(20)31-23-8-4-3-7-21(23)30-24(31)19-11-10-17-5-1-2-6-18(17)14-19/h1-14H. The number of hydrogen-bond acceptors (Lipinski definition) is 2. The van der Waals surface area contributed by atoms with Gasteiger partial charge in [0, 0.05) is 5.56 Å². The van der Waals surface area contributed by atoms with Gasteiger partial charge in [-0.3, -0.25) is 4.57 Å². The molecule has 0 aliphatic rings. The molecule has 4 aromatic carbocycles. The smallest absolute Gasteiger partial charge is 0.292 e. The third-order valence-electron chi connectivity index (χ3n) is 5.24. The third kappa shape index (κ3) is 3.21. The van der Waals surface area contributed by atoms with E-state index in [-0.39, 0.29) is 11.3 Å². The lowest BCUT2D eigenvalue weighted by Crippen LogP contribution is -2.12. The molecule has 0 amide bonds. The summed E-state index contributed by atoms with van der Waals surface area (Å²) in [6, 6.07) is 26.0. The van der Waals surface area contributed by atoms with E-state index in [1.54, 1.807) is 30.3 Å². The zero-order valence-electron chi connectivity index (χ0n) is 16.1. The summed E-state index contributed by atoms with van der Waals surface area (Å²) in [5, 5.41) is 11.1. The first-order valence-corrected chi connectivity index (χ1v) is 9.54. The van der Waals surface area contributed by atoms with Crippen molar-refractivity contribution in [2.24, 2.45) is 0 Å². The molecule has 3 nitrogen and oxygen atoms in total. The summed E-state index contributed by atoms with van der Waals surface area (Å²) in [4.78, 5) is 4.66. The van der Waals surface area contributed by atoms with Crippen molar-refractivity contribution in [2.45, 2.75) is 6.18 Å². The van der Waals surface area contributed by atoms with E-state index >= 15 is 0 Å². The topological polar surface area (TPSA) is 41.6 Å². The zero-order valence-corrected chi connectivity index (χ0v) is 16.1. The van der Waals surface area contributed by atoms with Crippen LogP contribution in [0.3, 0.4) is 0 Å². The van der Waals surface area contributed by atoms with E-state index in [1.807, 2.05) is 42.5 Å². The molecule has 0 N–H and O–H groups in total. The molecule has 5 aromatic rings. The quantitative estimate of drug-likeness (QED) is 0.322. The molecule has 1 aromatic heterocycles. The summed E-state index contributed by atoms with van der Waals surface area (Å²) in [5.41, 5.74) is 0.851. The highest BCUT2D eigenvalue weighted by atomic mass is 19.4. The molecule has 1 heterocycles. The molecule has 0 unspecified atom stereocenters. The number of imidazole rings is 1. The lowest BCUT2D eigenvalue weighted by atomic mass is 10.1. The molecule has 150 valence electrons. The van der Waals surface area contributed by atoms with Crippen molar-refractivity contribution in [1.82, 2.24) is 9.55 Å². The zero-order chi connectivity index (χ0) is 21.6. The molecule has 0 aliphatic carbocycles. The van der Waals surface area contributed by atoms with Crippen molar-refractivity contribution in [3.63, 3.8) is 0 Å². The lowest BCUT2D eigenvalue weighted by molar-refractivity contribution is -0.137. The third-order valence-corrected chi connectivity index (χ3v) is 5.24. The first-order chi connectivity index (χ1) is 15.0. The Bertz CT molecular complexity index is 1490. The Hall–Kier alpha value is -4.11. The van der Waals surface area contributed by atoms with Crippen LogP contribution in [0.5, 0.6) is 0 Å². The van der Waals surface area contributed by atoms with E-state index in [1.165, 1.54) is 16.7 Å². The highest BCUT2D eigenvalue weighted by Gasteiger charge is 2.35. The summed E-state index contributed by atoms with van der Waals surface area (Å²) >= 11 is 0. The first kappa shape index (κ1) is 18.9. The van der Waals surface area contributed by atoms with Crippen molar-refractivity contribution < 1.29 is 13.2 Å². The van der Waals surface area contributed by atoms with E-state index in [0.29, 0.717) is 22.4 Å². The fraction of sp³-hybridized carbons (Fsp3) is 0.0400. The Kier molecular flexibility index (Phi) is 4.26. The second kappa shape index (κ2) is 6.99. The summed E-state index contributed by atoms with van der Waals surface area (Å²) in [6.45, 7) is 0. The molecule has 0 radical (unpaired) electrons. The number of aromatic nitrogens is 2. The Morgan fingerprint density at radius 2 is 1.55 bits per heavy atom. The Labute approximate surface area is 175 Å². The van der Waals surface area contributed by atoms with Crippen LogP contribution in [0.25, 0.3) is 38.9 Å². The molecular formula is C25H14F3N3. The number of benzene rings is 4. The summed E-state index contributed by atoms with van der Waals surface area (Å²) < 4.78 is 43.4. The van der Waals surface area contributed by atoms with Gasteiger partial charge in [0.05, 0.1) is 33.9 Å². The van der Waals surface area contributed by atoms with Crippen LogP contribution < -0.4 is 0 Å². The molecule has 0 saturated heterocycles. The van der Waals surface area contributed by atoms with Gasteiger partial charge in [0.15, 0.2) is 0 Å². The Balaban J connectivity index is 1.85. The number of alkyl halides is 3. The van der Waals surface area contributed by atoms with Crippen molar-refractivity contribution >= 4 is 21.8 Å². The molecule has 0 bridgehead atoms. The van der Waals surface area contributed by atoms with Gasteiger partial charge in [-0.25, -0.2) is 4.98 Å². The van der Waals surface area contributed by atoms with Crippen LogP contribution in [-0.2, 0) is 6.18 Å². The van der Waals surface area contributed by atoms with Gasteiger partial charge in [-0.15, -0.1) is 0 Å². The molecule has 0 spiro atoms. The van der Waals surface area contributed by atoms with Gasteiger partial charge in [0.1, 0.15) is 5.82 Å². The van der Waals surface area contributed by atoms with Crippen LogP contribution in [0, 0.1) is 11.3 Å². The maximum atomic E-state index is 14.0. The number of hydrogen-bond donors (Lipinski definition) is 0. The van der Waals surface area contributed by atoms with Crippen LogP contribution in [0.15, 0.2) is 84.9 Å². The highest BCUT2D eigenvalue weighted by molar-refractivity contribution is 5.89. The predicted octanol–water partition coefficient (Wildman–Crippen LogP) is 6.74. The van der Waals surface area contributed by atoms with Crippen molar-refractivity contribution in [1.29, 1.82) is 5.26 Å². The average molecular weight is 413 g/mol. The molecule has 0 saturated carbocycles. The fourth-order valence-electron chi connectivity index (χ4n) is 3.82. The van der Waals surface area contributed by atoms with Gasteiger partial charge in [-0.2, -0.15) is 18.4 Å². The number of para-hydroxylation sites is 2. The lowest BCUT2D eigenvalue weighted by Gasteiger charge is -2.17. The summed E-state index contributed by atoms with van der Waals surface area (Å²) in [7, 11) is 0. The SMILES string of the molecule is N#Cc1ccc(-n2c(-c3ccc4ccccc4c3)nc3ccccc32)c(C(F)(F)F)c1. The van der Waals surface area contributed by atoms with Crippen LogP contribution >= 0.6 is 0 Å². The molecule has 0 atom stereocenters. The molecular weight excluding hydrogens is 399 g/mol. The van der Waals surface area contributed by atoms with E-state index in [4.69, 9.17) is 5.26 Å². The van der Waals surface area contributed by atoms with E-state index in [9.17, 15) is 13.2 Å². The predicted molar refractivity (Wildman–Crippen MR) is 114 cm³/mol. The largest absolute Gasteiger partial charge is 0.418 e. The normalized spacial score (nSPS) is 11.7. The second-order valence-electron chi connectivity index (χ2n) is 7.16. The van der Waals surface area contributed by atoms with Gasteiger partial charge in [-0.05, 0) is 47.2 Å². The van der Waals surface area contributed by atoms with E-state index in [0.717, 1.165) is 16.8 Å². The molecule has 31 heavy (non-hydrogen) atoms. The minimum absolute atomic E-state index is 0.0484. The van der Waals surface area contributed by atoms with Crippen molar-refractivity contribution in [2.75, 3.05) is 0 Å². The van der Waals surface area contributed by atoms with Gasteiger partial charge < -0.3 is 0 Å². The van der Waals surface area contributed by atoms with Crippen LogP contribution in [0.2, 0.25) is 0 Å². The maximum Gasteiger partial charge on any atom is 0.418 e. The van der Waals surface area contributed by atoms with E-state index < -0.39 is 11.7 Å². The fourth-order valence-corrected chi connectivity index (χ4v) is 3.82. The Morgan fingerprint density at radius 1 is 0.806 bits per heavy atom. The molecule has 0 aliphatic heterocycles. The van der Waals surface area contributed by atoms with Crippen molar-refractivity contribution in [3.05, 3.63) is 96.1 Å². The highest BCUT2D eigenvalue weighted by Crippen LogP contribution is 2.38. The molecule has 0 fully saturated rings. The van der Waals surface area contributed by atoms with Gasteiger partial charge in [-0.1, -0.05) is 48.5 Å². The Morgan fingerprint density at radius 3 is 2.32 bits per heavy atom. The van der Waals surface area contributed by atoms with Gasteiger partial charge in [0.2, 0.25) is 0 Å². The minimum Gasteiger partial charge on any atom is -0.292 e. The first-order valence-electron chi connectivity index (χ1n) is 9.54. The van der Waals surface area contributed by atoms with Crippen LogP contribution in [0.4, 0.5) is 13.2 Å². The van der Waals surface area contributed by atoms with Gasteiger partial charge in [0.25, 0.3) is 0 Å². The average Bonchev–Trinajstić information content (AvgIpc) is 3.17. The molecule has 5 rings (SSSR count). The molecule has 6 heteroatoms. The van der Waals surface area contributed by atoms with Crippen LogP contribution in [-0.4, -0.2) is 9.55 Å².